The SMILES string of the molecule is CCOC(=O)CCCCCCN(C/C=C/[C@@H](O)Cc1cccc(COC)c1)S(C)(=O)=O. The summed E-state index contributed by atoms with van der Waals surface area (Å²) in [7, 11) is -1.69. The Bertz CT molecular complexity index is 778. The Hall–Kier alpha value is -1.74. The van der Waals surface area contributed by atoms with Crippen LogP contribution in [0.15, 0.2) is 36.4 Å². The van der Waals surface area contributed by atoms with E-state index >= 15 is 0 Å². The van der Waals surface area contributed by atoms with Gasteiger partial charge in [-0.2, -0.15) is 4.31 Å². The summed E-state index contributed by atoms with van der Waals surface area (Å²) in [6.45, 7) is 3.34. The monoisotopic (exact) mass is 455 g/mol. The second-order valence-electron chi connectivity index (χ2n) is 7.54. The highest BCUT2D eigenvalue weighted by atomic mass is 32.2. The van der Waals surface area contributed by atoms with Crippen molar-refractivity contribution in [2.24, 2.45) is 0 Å². The summed E-state index contributed by atoms with van der Waals surface area (Å²) in [4.78, 5) is 11.3. The van der Waals surface area contributed by atoms with Gasteiger partial charge in [-0.25, -0.2) is 8.42 Å². The second kappa shape index (κ2) is 15.1. The van der Waals surface area contributed by atoms with E-state index in [1.165, 1.54) is 10.6 Å². The van der Waals surface area contributed by atoms with Gasteiger partial charge in [0.1, 0.15) is 0 Å². The molecule has 1 rings (SSSR count). The summed E-state index contributed by atoms with van der Waals surface area (Å²) in [6, 6.07) is 7.83. The standard InChI is InChI=1S/C23H37NO6S/c1-4-30-23(26)14-7-5-6-8-15-24(31(3,27)28)16-10-13-22(25)18-20-11-9-12-21(17-20)19-29-2/h9-13,17,22,25H,4-8,14-16,18-19H2,1-3H3/b13-10+/t22-/m1/s1. The number of rotatable bonds is 16. The molecule has 1 aromatic rings. The molecule has 31 heavy (non-hydrogen) atoms. The number of nitrogens with zero attached hydrogens (tertiary/aromatic N) is 1. The van der Waals surface area contributed by atoms with Crippen LogP contribution >= 0.6 is 0 Å². The molecule has 176 valence electrons. The molecule has 0 fully saturated rings. The number of unbranched alkanes of at least 4 members (excludes halogenated alkanes) is 3. The minimum Gasteiger partial charge on any atom is -0.466 e. The van der Waals surface area contributed by atoms with Crippen LogP contribution in [0, 0.1) is 0 Å². The van der Waals surface area contributed by atoms with Gasteiger partial charge in [-0.3, -0.25) is 4.79 Å². The lowest BCUT2D eigenvalue weighted by Gasteiger charge is -2.18. The minimum absolute atomic E-state index is 0.186. The van der Waals surface area contributed by atoms with E-state index in [-0.39, 0.29) is 12.5 Å². The molecule has 0 unspecified atom stereocenters. The molecule has 0 radical (unpaired) electrons. The van der Waals surface area contributed by atoms with Gasteiger partial charge in [0.25, 0.3) is 0 Å². The van der Waals surface area contributed by atoms with Gasteiger partial charge in [-0.1, -0.05) is 49.3 Å². The average molecular weight is 456 g/mol. The van der Waals surface area contributed by atoms with Crippen molar-refractivity contribution in [3.63, 3.8) is 0 Å². The van der Waals surface area contributed by atoms with Gasteiger partial charge in [0.2, 0.25) is 10.0 Å². The summed E-state index contributed by atoms with van der Waals surface area (Å²) in [6.07, 6.45) is 7.86. The molecule has 0 bridgehead atoms. The fraction of sp³-hybridized carbons (Fsp3) is 0.609. The highest BCUT2D eigenvalue weighted by Crippen LogP contribution is 2.11. The zero-order chi connectivity index (χ0) is 23.1. The quantitative estimate of drug-likeness (QED) is 0.234. The molecule has 0 heterocycles. The summed E-state index contributed by atoms with van der Waals surface area (Å²) >= 11 is 0. The molecule has 7 nitrogen and oxygen atoms in total. The normalized spacial score (nSPS) is 13.1. The highest BCUT2D eigenvalue weighted by molar-refractivity contribution is 7.88. The van der Waals surface area contributed by atoms with Gasteiger partial charge < -0.3 is 14.6 Å². The number of ether oxygens (including phenoxy) is 2. The van der Waals surface area contributed by atoms with Crippen molar-refractivity contribution in [2.45, 2.75) is 58.2 Å². The van der Waals surface area contributed by atoms with E-state index < -0.39 is 16.1 Å². The maximum atomic E-state index is 12.0. The molecule has 0 amide bonds. The largest absolute Gasteiger partial charge is 0.466 e. The Morgan fingerprint density at radius 2 is 1.90 bits per heavy atom. The number of benzene rings is 1. The zero-order valence-corrected chi connectivity index (χ0v) is 19.8. The van der Waals surface area contributed by atoms with Crippen molar-refractivity contribution in [3.8, 4) is 0 Å². The first kappa shape index (κ1) is 27.3. The van der Waals surface area contributed by atoms with E-state index in [4.69, 9.17) is 9.47 Å². The number of aliphatic hydroxyl groups excluding tert-OH is 1. The fourth-order valence-corrected chi connectivity index (χ4v) is 4.01. The minimum atomic E-state index is -3.33. The van der Waals surface area contributed by atoms with Crippen LogP contribution in [0.4, 0.5) is 0 Å². The Labute approximate surface area is 187 Å². The number of methoxy groups -OCH3 is 1. The van der Waals surface area contributed by atoms with Gasteiger partial charge in [-0.15, -0.1) is 0 Å². The first-order chi connectivity index (χ1) is 14.8. The molecule has 0 aliphatic carbocycles. The van der Waals surface area contributed by atoms with Gasteiger partial charge in [-0.05, 0) is 30.9 Å². The van der Waals surface area contributed by atoms with E-state index in [1.807, 2.05) is 24.3 Å². The third kappa shape index (κ3) is 12.6. The molecule has 0 aromatic heterocycles. The maximum absolute atomic E-state index is 12.0. The van der Waals surface area contributed by atoms with Crippen molar-refractivity contribution in [3.05, 3.63) is 47.5 Å². The molecule has 0 saturated heterocycles. The van der Waals surface area contributed by atoms with E-state index in [1.54, 1.807) is 26.2 Å². The van der Waals surface area contributed by atoms with E-state index in [0.29, 0.717) is 32.6 Å². The number of hydrogen-bond acceptors (Lipinski definition) is 6. The van der Waals surface area contributed by atoms with Crippen LogP contribution in [0.1, 0.15) is 50.2 Å². The summed E-state index contributed by atoms with van der Waals surface area (Å²) < 4.78 is 35.5. The molecule has 1 N–H and O–H groups in total. The first-order valence-electron chi connectivity index (χ1n) is 10.8. The first-order valence-corrected chi connectivity index (χ1v) is 12.6. The van der Waals surface area contributed by atoms with Gasteiger partial charge in [0.15, 0.2) is 0 Å². The second-order valence-corrected chi connectivity index (χ2v) is 9.53. The van der Waals surface area contributed by atoms with Gasteiger partial charge in [0, 0.05) is 33.0 Å². The lowest BCUT2D eigenvalue weighted by Crippen LogP contribution is -2.31. The zero-order valence-electron chi connectivity index (χ0n) is 19.0. The van der Waals surface area contributed by atoms with Crippen LogP contribution in [0.25, 0.3) is 0 Å². The van der Waals surface area contributed by atoms with Crippen LogP contribution < -0.4 is 0 Å². The fourth-order valence-electron chi connectivity index (χ4n) is 3.19. The predicted molar refractivity (Wildman–Crippen MR) is 122 cm³/mol. The Balaban J connectivity index is 2.42. The summed E-state index contributed by atoms with van der Waals surface area (Å²) in [5, 5.41) is 10.3. The van der Waals surface area contributed by atoms with Crippen LogP contribution in [0.5, 0.6) is 0 Å². The molecular formula is C23H37NO6S. The average Bonchev–Trinajstić information content (AvgIpc) is 2.69. The number of hydrogen-bond donors (Lipinski definition) is 1. The molecule has 0 spiro atoms. The predicted octanol–water partition coefficient (Wildman–Crippen LogP) is 3.07. The lowest BCUT2D eigenvalue weighted by atomic mass is 10.0. The lowest BCUT2D eigenvalue weighted by molar-refractivity contribution is -0.143. The number of carbonyl (C=O) groups excluding carboxylic acids is 1. The topological polar surface area (TPSA) is 93.1 Å². The summed E-state index contributed by atoms with van der Waals surface area (Å²) in [5.74, 6) is -0.186. The molecule has 0 aliphatic rings. The van der Waals surface area contributed by atoms with Crippen molar-refractivity contribution in [2.75, 3.05) is 33.1 Å². The van der Waals surface area contributed by atoms with E-state index in [0.717, 1.165) is 36.8 Å². The van der Waals surface area contributed by atoms with E-state index in [2.05, 4.69) is 0 Å². The smallest absolute Gasteiger partial charge is 0.305 e. The van der Waals surface area contributed by atoms with Crippen molar-refractivity contribution in [1.82, 2.24) is 4.31 Å². The van der Waals surface area contributed by atoms with Gasteiger partial charge in [0.05, 0.1) is 25.6 Å². The maximum Gasteiger partial charge on any atom is 0.305 e. The summed E-state index contributed by atoms with van der Waals surface area (Å²) in [5.41, 5.74) is 2.04. The highest BCUT2D eigenvalue weighted by Gasteiger charge is 2.14. The van der Waals surface area contributed by atoms with Crippen LogP contribution in [0.3, 0.4) is 0 Å². The van der Waals surface area contributed by atoms with Crippen LogP contribution in [-0.2, 0) is 37.3 Å². The number of aliphatic hydroxyl groups is 1. The number of esters is 1. The molecule has 8 heteroatoms. The van der Waals surface area contributed by atoms with E-state index in [9.17, 15) is 18.3 Å². The number of carbonyl (C=O) groups is 1. The van der Waals surface area contributed by atoms with Gasteiger partial charge >= 0.3 is 5.97 Å². The Kier molecular flexibility index (Phi) is 13.3. The Morgan fingerprint density at radius 3 is 2.58 bits per heavy atom. The van der Waals surface area contributed by atoms with Crippen molar-refractivity contribution >= 4 is 16.0 Å². The third-order valence-electron chi connectivity index (χ3n) is 4.73. The molecule has 0 aliphatic heterocycles. The molecule has 1 atom stereocenters. The molecular weight excluding hydrogens is 418 g/mol. The molecule has 1 aromatic carbocycles. The third-order valence-corrected chi connectivity index (χ3v) is 6.00. The number of sulfonamides is 1. The van der Waals surface area contributed by atoms with Crippen LogP contribution in [0.2, 0.25) is 0 Å². The van der Waals surface area contributed by atoms with Crippen molar-refractivity contribution in [1.29, 1.82) is 0 Å². The van der Waals surface area contributed by atoms with Crippen molar-refractivity contribution < 1.29 is 27.8 Å². The van der Waals surface area contributed by atoms with Crippen LogP contribution in [-0.4, -0.2) is 63.0 Å². The molecule has 0 saturated carbocycles. The Morgan fingerprint density at radius 1 is 1.19 bits per heavy atom.